The number of amidine groups is 1. The van der Waals surface area contributed by atoms with E-state index in [9.17, 15) is 13.2 Å². The topological polar surface area (TPSA) is 92.8 Å². The molecule has 0 aliphatic carbocycles. The second kappa shape index (κ2) is 14.3. The van der Waals surface area contributed by atoms with Crippen LogP contribution in [0.2, 0.25) is 0 Å². The average Bonchev–Trinajstić information content (AvgIpc) is 3.12. The van der Waals surface area contributed by atoms with Gasteiger partial charge in [0.15, 0.2) is 9.84 Å². The molecule has 0 unspecified atom stereocenters. The Hall–Kier alpha value is -1.89. The Morgan fingerprint density at radius 2 is 1.28 bits per heavy atom. The van der Waals surface area contributed by atoms with E-state index in [1.54, 1.807) is 24.3 Å². The number of benzene rings is 1. The molecule has 6 nitrogen and oxygen atoms in total. The number of amides is 1. The van der Waals surface area contributed by atoms with Crippen LogP contribution in [0.4, 0.5) is 5.69 Å². The highest BCUT2D eigenvalue weighted by Crippen LogP contribution is 2.23. The van der Waals surface area contributed by atoms with Gasteiger partial charge in [-0.1, -0.05) is 90.4 Å². The minimum absolute atomic E-state index is 0.0964. The molecule has 1 aliphatic rings. The van der Waals surface area contributed by atoms with Crippen molar-refractivity contribution in [3.05, 3.63) is 24.3 Å². The molecule has 1 aliphatic heterocycles. The van der Waals surface area contributed by atoms with Crippen molar-refractivity contribution in [1.29, 1.82) is 0 Å². The third-order valence-corrected chi connectivity index (χ3v) is 7.82. The van der Waals surface area contributed by atoms with Gasteiger partial charge in [0.1, 0.15) is 5.84 Å². The van der Waals surface area contributed by atoms with Crippen LogP contribution in [0.15, 0.2) is 34.3 Å². The number of unbranched alkanes of at least 4 members (excludes halogenated alkanes) is 13. The number of hydrazone groups is 1. The zero-order valence-corrected chi connectivity index (χ0v) is 20.5. The third kappa shape index (κ3) is 9.31. The van der Waals surface area contributed by atoms with Crippen LogP contribution in [0, 0.1) is 0 Å². The Kier molecular flexibility index (Phi) is 11.8. The number of hydrogen-bond donors (Lipinski definition) is 1. The van der Waals surface area contributed by atoms with Gasteiger partial charge in [0, 0.05) is 0 Å². The Bertz CT molecular complexity index is 819. The van der Waals surface area contributed by atoms with Crippen LogP contribution in [0.3, 0.4) is 0 Å². The second-order valence-corrected chi connectivity index (χ2v) is 11.0. The maximum Gasteiger partial charge on any atom is 0.255 e. The number of nitrogens with zero attached hydrogens (tertiary/aromatic N) is 2. The molecule has 1 aromatic carbocycles. The first kappa shape index (κ1) is 26.4. The summed E-state index contributed by atoms with van der Waals surface area (Å²) in [4.78, 5) is 12.1. The summed E-state index contributed by atoms with van der Waals surface area (Å²) in [5.41, 5.74) is 6.12. The fraction of sp³-hybridized carbons (Fsp3) is 0.680. The van der Waals surface area contributed by atoms with Gasteiger partial charge in [0.25, 0.3) is 5.91 Å². The zero-order chi connectivity index (χ0) is 23.2. The maximum atomic E-state index is 12.6. The molecule has 1 amide bonds. The summed E-state index contributed by atoms with van der Waals surface area (Å²) in [5.74, 6) is 0.225. The van der Waals surface area contributed by atoms with E-state index in [0.717, 1.165) is 12.8 Å². The van der Waals surface area contributed by atoms with Crippen LogP contribution >= 0.6 is 0 Å². The van der Waals surface area contributed by atoms with Gasteiger partial charge in [-0.05, 0) is 30.7 Å². The molecule has 180 valence electrons. The second-order valence-electron chi connectivity index (χ2n) is 8.88. The molecule has 0 fully saturated rings. The summed E-state index contributed by atoms with van der Waals surface area (Å²) in [6.45, 7) is 2.26. The van der Waals surface area contributed by atoms with E-state index in [-0.39, 0.29) is 23.9 Å². The predicted molar refractivity (Wildman–Crippen MR) is 133 cm³/mol. The Balaban J connectivity index is 1.55. The standard InChI is InChI=1S/C25H41N3O3S/c1-2-3-4-5-6-7-8-9-10-11-12-13-14-15-20-32(30,31)23-18-16-22(17-19-23)28-25(29)21-24(26)27-28/h16-19H,2-15,20-21H2,1H3,(H2,26,27). The van der Waals surface area contributed by atoms with Crippen LogP contribution in [0.25, 0.3) is 0 Å². The third-order valence-electron chi connectivity index (χ3n) is 6.00. The quantitative estimate of drug-likeness (QED) is 0.289. The Morgan fingerprint density at radius 3 is 1.72 bits per heavy atom. The summed E-state index contributed by atoms with van der Waals surface area (Å²) >= 11 is 0. The fourth-order valence-corrected chi connectivity index (χ4v) is 5.42. The van der Waals surface area contributed by atoms with Crippen molar-refractivity contribution in [1.82, 2.24) is 0 Å². The number of carbonyl (C=O) groups excluding carboxylic acids is 1. The molecule has 1 aromatic rings. The molecule has 0 spiro atoms. The summed E-state index contributed by atoms with van der Waals surface area (Å²) in [7, 11) is -3.31. The van der Waals surface area contributed by atoms with Crippen molar-refractivity contribution in [2.24, 2.45) is 10.8 Å². The van der Waals surface area contributed by atoms with Crippen LogP contribution < -0.4 is 10.7 Å². The van der Waals surface area contributed by atoms with Crippen molar-refractivity contribution in [2.75, 3.05) is 10.8 Å². The summed E-state index contributed by atoms with van der Waals surface area (Å²) in [5, 5.41) is 5.20. The van der Waals surface area contributed by atoms with Crippen LogP contribution in [0.1, 0.15) is 103 Å². The lowest BCUT2D eigenvalue weighted by Gasteiger charge is -2.12. The minimum atomic E-state index is -3.31. The Morgan fingerprint density at radius 1 is 0.812 bits per heavy atom. The van der Waals surface area contributed by atoms with Gasteiger partial charge in [-0.3, -0.25) is 4.79 Å². The van der Waals surface area contributed by atoms with Crippen molar-refractivity contribution in [2.45, 2.75) is 108 Å². The van der Waals surface area contributed by atoms with E-state index in [0.29, 0.717) is 17.0 Å². The average molecular weight is 464 g/mol. The molecule has 0 saturated carbocycles. The van der Waals surface area contributed by atoms with Crippen molar-refractivity contribution in [3.8, 4) is 0 Å². The number of carbonyl (C=O) groups is 1. The monoisotopic (exact) mass is 463 g/mol. The van der Waals surface area contributed by atoms with E-state index >= 15 is 0 Å². The molecule has 0 atom stereocenters. The molecule has 32 heavy (non-hydrogen) atoms. The lowest BCUT2D eigenvalue weighted by molar-refractivity contribution is -0.116. The van der Waals surface area contributed by atoms with Crippen molar-refractivity contribution < 1.29 is 13.2 Å². The van der Waals surface area contributed by atoms with Gasteiger partial charge in [-0.25, -0.2) is 8.42 Å². The molecule has 0 bridgehead atoms. The highest BCUT2D eigenvalue weighted by atomic mass is 32.2. The smallest absolute Gasteiger partial charge is 0.255 e. The molecule has 1 heterocycles. The molecule has 2 N–H and O–H groups in total. The van der Waals surface area contributed by atoms with Crippen molar-refractivity contribution in [3.63, 3.8) is 0 Å². The van der Waals surface area contributed by atoms with Crippen LogP contribution in [-0.4, -0.2) is 25.9 Å². The normalized spacial score (nSPS) is 14.2. The highest BCUT2D eigenvalue weighted by molar-refractivity contribution is 7.91. The van der Waals surface area contributed by atoms with Gasteiger partial charge < -0.3 is 5.73 Å². The molecule has 0 saturated heterocycles. The SMILES string of the molecule is CCCCCCCCCCCCCCCCS(=O)(=O)c1ccc(N2N=C(N)CC2=O)cc1. The van der Waals surface area contributed by atoms with Crippen molar-refractivity contribution >= 4 is 27.3 Å². The van der Waals surface area contributed by atoms with Gasteiger partial charge >= 0.3 is 0 Å². The summed E-state index contributed by atoms with van der Waals surface area (Å²) < 4.78 is 25.1. The van der Waals surface area contributed by atoms with Gasteiger partial charge in [-0.15, -0.1) is 0 Å². The van der Waals surface area contributed by atoms with E-state index in [2.05, 4.69) is 12.0 Å². The molecular formula is C25H41N3O3S. The fourth-order valence-electron chi connectivity index (χ4n) is 4.05. The van der Waals surface area contributed by atoms with E-state index < -0.39 is 9.84 Å². The number of rotatable bonds is 17. The number of nitrogens with two attached hydrogens (primary N) is 1. The first-order valence-electron chi connectivity index (χ1n) is 12.4. The van der Waals surface area contributed by atoms with Gasteiger partial charge in [-0.2, -0.15) is 10.1 Å². The zero-order valence-electron chi connectivity index (χ0n) is 19.7. The summed E-state index contributed by atoms with van der Waals surface area (Å²) in [6.07, 6.45) is 17.5. The molecule has 0 aromatic heterocycles. The molecular weight excluding hydrogens is 422 g/mol. The van der Waals surface area contributed by atoms with Gasteiger partial charge in [0.2, 0.25) is 0 Å². The van der Waals surface area contributed by atoms with E-state index in [1.165, 1.54) is 75.6 Å². The maximum absolute atomic E-state index is 12.6. The molecule has 0 radical (unpaired) electrons. The first-order valence-corrected chi connectivity index (χ1v) is 14.1. The largest absolute Gasteiger partial charge is 0.385 e. The minimum Gasteiger partial charge on any atom is -0.385 e. The van der Waals surface area contributed by atoms with E-state index in [4.69, 9.17) is 5.73 Å². The highest BCUT2D eigenvalue weighted by Gasteiger charge is 2.24. The Labute approximate surface area is 194 Å². The number of anilines is 1. The van der Waals surface area contributed by atoms with Crippen LogP contribution in [-0.2, 0) is 14.6 Å². The van der Waals surface area contributed by atoms with Gasteiger partial charge in [0.05, 0.1) is 22.8 Å². The molecule has 2 rings (SSSR count). The number of hydrogen-bond acceptors (Lipinski definition) is 5. The lowest BCUT2D eigenvalue weighted by Crippen LogP contribution is -2.19. The predicted octanol–water partition coefficient (Wildman–Crippen LogP) is 5.95. The lowest BCUT2D eigenvalue weighted by atomic mass is 10.0. The summed E-state index contributed by atoms with van der Waals surface area (Å²) in [6, 6.07) is 6.31. The van der Waals surface area contributed by atoms with Crippen LogP contribution in [0.5, 0.6) is 0 Å². The number of sulfone groups is 1. The molecule has 7 heteroatoms. The van der Waals surface area contributed by atoms with E-state index in [1.807, 2.05) is 0 Å². The first-order chi connectivity index (χ1) is 15.4.